The molecule has 0 saturated carbocycles. The molecule has 0 N–H and O–H groups in total. The van der Waals surface area contributed by atoms with E-state index in [1.807, 2.05) is 0 Å². The molecule has 0 aliphatic heterocycles. The maximum Gasteiger partial charge on any atom is -0.00928 e. The lowest BCUT2D eigenvalue weighted by atomic mass is 9.82. The average Bonchev–Trinajstić information content (AvgIpc) is 2.77. The predicted molar refractivity (Wildman–Crippen MR) is 147 cm³/mol. The van der Waals surface area contributed by atoms with Crippen LogP contribution in [0.3, 0.4) is 0 Å². The van der Waals surface area contributed by atoms with Gasteiger partial charge in [0, 0.05) is 0 Å². The Kier molecular flexibility index (Phi) is 4.90. The van der Waals surface area contributed by atoms with E-state index in [1.165, 1.54) is 60.1 Å². The molecule has 166 valence electrons. The zero-order valence-corrected chi connectivity index (χ0v) is 21.0. The Hall–Kier alpha value is -3.12. The fourth-order valence-electron chi connectivity index (χ4n) is 4.86. The van der Waals surface area contributed by atoms with Crippen LogP contribution in [0.5, 0.6) is 0 Å². The molecule has 0 heteroatoms. The predicted octanol–water partition coefficient (Wildman–Crippen LogP) is 9.72. The van der Waals surface area contributed by atoms with Crippen molar-refractivity contribution < 1.29 is 0 Å². The second-order valence-electron chi connectivity index (χ2n) is 11.6. The lowest BCUT2D eigenvalue weighted by Gasteiger charge is -2.23. The van der Waals surface area contributed by atoms with E-state index in [-0.39, 0.29) is 10.8 Å². The quantitative estimate of drug-likeness (QED) is 0.232. The molecule has 0 heterocycles. The van der Waals surface area contributed by atoms with Crippen molar-refractivity contribution in [2.75, 3.05) is 0 Å². The van der Waals surface area contributed by atoms with Gasteiger partial charge in [-0.2, -0.15) is 0 Å². The third-order valence-corrected chi connectivity index (χ3v) is 7.05. The fourth-order valence-corrected chi connectivity index (χ4v) is 4.86. The summed E-state index contributed by atoms with van der Waals surface area (Å²) in [5.74, 6) is 0. The van der Waals surface area contributed by atoms with Gasteiger partial charge >= 0.3 is 0 Å². The van der Waals surface area contributed by atoms with Gasteiger partial charge in [0.15, 0.2) is 0 Å². The largest absolute Gasteiger partial charge is 0.0587 e. The van der Waals surface area contributed by atoms with Crippen molar-refractivity contribution in [3.8, 4) is 11.1 Å². The molecule has 0 radical (unpaired) electrons. The summed E-state index contributed by atoms with van der Waals surface area (Å²) >= 11 is 0. The molecule has 0 aromatic heterocycles. The molecule has 5 aromatic rings. The number of hydrogen-bond acceptors (Lipinski definition) is 0. The highest BCUT2D eigenvalue weighted by Gasteiger charge is 2.19. The van der Waals surface area contributed by atoms with Crippen LogP contribution in [0.1, 0.15) is 58.2 Å². The van der Waals surface area contributed by atoms with E-state index in [0.29, 0.717) is 0 Å². The van der Waals surface area contributed by atoms with Crippen LogP contribution in [0.4, 0.5) is 0 Å². The Bertz CT molecular complexity index is 1500. The van der Waals surface area contributed by atoms with Crippen LogP contribution in [0.2, 0.25) is 0 Å². The minimum absolute atomic E-state index is 0.112. The molecule has 33 heavy (non-hydrogen) atoms. The lowest BCUT2D eigenvalue weighted by Crippen LogP contribution is -2.11. The highest BCUT2D eigenvalue weighted by molar-refractivity contribution is 6.26. The second-order valence-corrected chi connectivity index (χ2v) is 11.6. The number of hydrogen-bond donors (Lipinski definition) is 0. The molecule has 0 spiro atoms. The molecule has 0 nitrogen and oxygen atoms in total. The molecule has 5 rings (SSSR count). The number of fused-ring (bicyclic) bond motifs is 6. The van der Waals surface area contributed by atoms with Gasteiger partial charge in [0.05, 0.1) is 0 Å². The summed E-state index contributed by atoms with van der Waals surface area (Å²) in [6.07, 6.45) is 0. The molecule has 0 bridgehead atoms. The molecule has 0 unspecified atom stereocenters. The van der Waals surface area contributed by atoms with Crippen LogP contribution in [-0.2, 0) is 10.8 Å². The summed E-state index contributed by atoms with van der Waals surface area (Å²) < 4.78 is 0. The maximum absolute atomic E-state index is 2.43. The van der Waals surface area contributed by atoms with Crippen LogP contribution >= 0.6 is 0 Å². The Morgan fingerprint density at radius 1 is 0.394 bits per heavy atom. The topological polar surface area (TPSA) is 0 Å². The minimum atomic E-state index is 0.112. The average molecular weight is 431 g/mol. The number of benzene rings is 5. The zero-order valence-electron chi connectivity index (χ0n) is 21.0. The molecule has 0 aliphatic carbocycles. The number of aryl methyl sites for hydroxylation is 1. The van der Waals surface area contributed by atoms with E-state index in [2.05, 4.69) is 127 Å². The highest BCUT2D eigenvalue weighted by Crippen LogP contribution is 2.40. The van der Waals surface area contributed by atoms with Gasteiger partial charge in [0.1, 0.15) is 0 Å². The first-order valence-electron chi connectivity index (χ1n) is 12.0. The minimum Gasteiger partial charge on any atom is -0.0587 e. The van der Waals surface area contributed by atoms with E-state index in [0.717, 1.165) is 0 Å². The Morgan fingerprint density at radius 3 is 1.27 bits per heavy atom. The lowest BCUT2D eigenvalue weighted by molar-refractivity contribution is 0.590. The molecular formula is C33H34. The van der Waals surface area contributed by atoms with Crippen molar-refractivity contribution in [2.45, 2.75) is 59.3 Å². The summed E-state index contributed by atoms with van der Waals surface area (Å²) in [6.45, 7) is 15.9. The van der Waals surface area contributed by atoms with E-state index < -0.39 is 0 Å². The Morgan fingerprint density at radius 2 is 0.788 bits per heavy atom. The smallest absolute Gasteiger partial charge is 0.00928 e. The summed E-state index contributed by atoms with van der Waals surface area (Å²) in [5, 5.41) is 8.06. The second kappa shape index (κ2) is 7.45. The third kappa shape index (κ3) is 3.82. The van der Waals surface area contributed by atoms with E-state index in [9.17, 15) is 0 Å². The van der Waals surface area contributed by atoms with Gasteiger partial charge in [0.25, 0.3) is 0 Å². The van der Waals surface area contributed by atoms with Crippen LogP contribution in [0.25, 0.3) is 43.4 Å². The van der Waals surface area contributed by atoms with Gasteiger partial charge in [-0.05, 0) is 90.5 Å². The van der Waals surface area contributed by atoms with Crippen LogP contribution < -0.4 is 0 Å². The third-order valence-electron chi connectivity index (χ3n) is 7.05. The molecule has 5 aromatic carbocycles. The van der Waals surface area contributed by atoms with Gasteiger partial charge in [-0.15, -0.1) is 0 Å². The van der Waals surface area contributed by atoms with Crippen molar-refractivity contribution in [2.24, 2.45) is 0 Å². The van der Waals surface area contributed by atoms with E-state index in [1.54, 1.807) is 0 Å². The molecule has 0 amide bonds. The first kappa shape index (κ1) is 21.7. The van der Waals surface area contributed by atoms with E-state index in [4.69, 9.17) is 0 Å². The summed E-state index contributed by atoms with van der Waals surface area (Å²) in [6, 6.07) is 30.0. The van der Waals surface area contributed by atoms with Gasteiger partial charge < -0.3 is 0 Å². The molecular weight excluding hydrogens is 396 g/mol. The van der Waals surface area contributed by atoms with Gasteiger partial charge in [0.2, 0.25) is 0 Å². The Balaban J connectivity index is 1.90. The maximum atomic E-state index is 2.43. The van der Waals surface area contributed by atoms with E-state index >= 15 is 0 Å². The SMILES string of the molecule is Cc1ccc(-c2ccc3c4ccc(C(C)(C)C)cc4c4cc(C(C)(C)C)ccc4c3c2)cc1. The van der Waals surface area contributed by atoms with Gasteiger partial charge in [-0.1, -0.05) is 108 Å². The molecule has 0 aliphatic rings. The van der Waals surface area contributed by atoms with Gasteiger partial charge in [-0.25, -0.2) is 0 Å². The summed E-state index contributed by atoms with van der Waals surface area (Å²) in [7, 11) is 0. The van der Waals surface area contributed by atoms with Crippen molar-refractivity contribution in [1.29, 1.82) is 0 Å². The first-order valence-corrected chi connectivity index (χ1v) is 12.0. The molecule has 0 atom stereocenters. The van der Waals surface area contributed by atoms with Crippen molar-refractivity contribution in [3.05, 3.63) is 95.6 Å². The monoisotopic (exact) mass is 430 g/mol. The van der Waals surface area contributed by atoms with Crippen molar-refractivity contribution in [1.82, 2.24) is 0 Å². The van der Waals surface area contributed by atoms with Crippen molar-refractivity contribution in [3.63, 3.8) is 0 Å². The zero-order chi connectivity index (χ0) is 23.5. The van der Waals surface area contributed by atoms with Crippen molar-refractivity contribution >= 4 is 32.3 Å². The standard InChI is InChI=1S/C33H34/c1-21-8-10-22(11-9-21)23-12-15-26-27-16-13-24(32(2,3)4)19-30(27)31-20-25(33(5,6)7)14-17-28(31)29(26)18-23/h8-20H,1-7H3. The van der Waals surface area contributed by atoms with Crippen LogP contribution in [0, 0.1) is 6.92 Å². The summed E-state index contributed by atoms with van der Waals surface area (Å²) in [4.78, 5) is 0. The van der Waals surface area contributed by atoms with Crippen LogP contribution in [0.15, 0.2) is 78.9 Å². The normalized spacial score (nSPS) is 12.7. The first-order chi connectivity index (χ1) is 15.5. The van der Waals surface area contributed by atoms with Crippen LogP contribution in [-0.4, -0.2) is 0 Å². The molecule has 0 saturated heterocycles. The molecule has 0 fully saturated rings. The fraction of sp³-hybridized carbons (Fsp3) is 0.273. The summed E-state index contributed by atoms with van der Waals surface area (Å²) in [5.41, 5.74) is 6.83. The highest BCUT2D eigenvalue weighted by atomic mass is 14.2. The number of rotatable bonds is 1. The van der Waals surface area contributed by atoms with Gasteiger partial charge in [-0.3, -0.25) is 0 Å². The Labute approximate surface area is 198 Å².